The first kappa shape index (κ1) is 18.0. The van der Waals surface area contributed by atoms with Crippen LogP contribution in [0.4, 0.5) is 11.4 Å². The molecule has 0 atom stereocenters. The summed E-state index contributed by atoms with van der Waals surface area (Å²) in [5.41, 5.74) is 0.372. The van der Waals surface area contributed by atoms with Crippen molar-refractivity contribution < 1.29 is 4.92 Å². The van der Waals surface area contributed by atoms with Gasteiger partial charge >= 0.3 is 0 Å². The molecule has 0 unspecified atom stereocenters. The highest BCUT2D eigenvalue weighted by Gasteiger charge is 2.15. The number of aromatic nitrogens is 3. The molecule has 10 heteroatoms. The smallest absolute Gasteiger partial charge is 0.292 e. The second-order valence-electron chi connectivity index (χ2n) is 5.43. The first-order valence-corrected chi connectivity index (χ1v) is 8.85. The summed E-state index contributed by atoms with van der Waals surface area (Å²) in [7, 11) is 1.83. The Morgan fingerprint density at radius 1 is 1.35 bits per heavy atom. The van der Waals surface area contributed by atoms with E-state index < -0.39 is 10.5 Å². The number of likely N-dealkylation sites (N-methyl/N-ethyl adjacent to an activating group) is 1. The van der Waals surface area contributed by atoms with Gasteiger partial charge in [0.2, 0.25) is 0 Å². The predicted molar refractivity (Wildman–Crippen MR) is 101 cm³/mol. The third-order valence-electron chi connectivity index (χ3n) is 3.76. The fraction of sp³-hybridized carbons (Fsp3) is 0.188. The van der Waals surface area contributed by atoms with Gasteiger partial charge in [0.1, 0.15) is 5.02 Å². The molecule has 0 N–H and O–H groups in total. The maximum atomic E-state index is 12.5. The number of rotatable bonds is 6. The zero-order valence-corrected chi connectivity index (χ0v) is 15.3. The summed E-state index contributed by atoms with van der Waals surface area (Å²) in [5.74, 6) is 0. The third-order valence-corrected chi connectivity index (χ3v) is 4.96. The van der Waals surface area contributed by atoms with Gasteiger partial charge < -0.3 is 4.90 Å². The molecule has 0 aliphatic heterocycles. The minimum absolute atomic E-state index is 0.0417. The summed E-state index contributed by atoms with van der Waals surface area (Å²) in [6.45, 7) is 0.635. The number of thiazole rings is 1. The Morgan fingerprint density at radius 2 is 2.08 bits per heavy atom. The van der Waals surface area contributed by atoms with Gasteiger partial charge in [-0.3, -0.25) is 14.9 Å². The number of benzene rings is 1. The molecule has 134 valence electrons. The predicted octanol–water partition coefficient (Wildman–Crippen LogP) is 2.93. The number of nitro benzene ring substituents is 1. The van der Waals surface area contributed by atoms with E-state index in [0.29, 0.717) is 17.9 Å². The van der Waals surface area contributed by atoms with Gasteiger partial charge in [-0.2, -0.15) is 9.78 Å². The molecular weight excluding hydrogens is 378 g/mol. The maximum absolute atomic E-state index is 12.5. The van der Waals surface area contributed by atoms with Crippen molar-refractivity contribution in [1.29, 1.82) is 0 Å². The van der Waals surface area contributed by atoms with Crippen molar-refractivity contribution in [2.75, 3.05) is 18.5 Å². The van der Waals surface area contributed by atoms with Crippen LogP contribution in [0.2, 0.25) is 5.02 Å². The molecule has 0 bridgehead atoms. The highest BCUT2D eigenvalue weighted by Crippen LogP contribution is 2.21. The van der Waals surface area contributed by atoms with Crippen LogP contribution >= 0.6 is 22.9 Å². The molecule has 0 amide bonds. The molecule has 0 spiro atoms. The van der Waals surface area contributed by atoms with Crippen molar-refractivity contribution in [3.05, 3.63) is 72.5 Å². The van der Waals surface area contributed by atoms with Crippen LogP contribution in [0.3, 0.4) is 0 Å². The van der Waals surface area contributed by atoms with Gasteiger partial charge in [0.05, 0.1) is 27.5 Å². The Labute approximate surface area is 157 Å². The van der Waals surface area contributed by atoms with E-state index in [4.69, 9.17) is 11.6 Å². The summed E-state index contributed by atoms with van der Waals surface area (Å²) < 4.78 is 1.12. The van der Waals surface area contributed by atoms with E-state index in [1.165, 1.54) is 30.5 Å². The van der Waals surface area contributed by atoms with Crippen molar-refractivity contribution in [3.63, 3.8) is 0 Å². The van der Waals surface area contributed by atoms with Gasteiger partial charge in [-0.05, 0) is 12.1 Å². The van der Waals surface area contributed by atoms with E-state index in [2.05, 4.69) is 10.1 Å². The normalized spacial score (nSPS) is 10.7. The van der Waals surface area contributed by atoms with Crippen molar-refractivity contribution in [2.45, 2.75) is 6.42 Å². The Bertz CT molecular complexity index is 973. The van der Waals surface area contributed by atoms with Gasteiger partial charge in [0.15, 0.2) is 0 Å². The second kappa shape index (κ2) is 7.63. The quantitative estimate of drug-likeness (QED) is 0.473. The molecule has 2 aromatic heterocycles. The maximum Gasteiger partial charge on any atom is 0.292 e. The van der Waals surface area contributed by atoms with E-state index >= 15 is 0 Å². The first-order chi connectivity index (χ1) is 12.5. The summed E-state index contributed by atoms with van der Waals surface area (Å²) >= 11 is 7.82. The van der Waals surface area contributed by atoms with Crippen molar-refractivity contribution in [3.8, 4) is 5.69 Å². The van der Waals surface area contributed by atoms with Crippen LogP contribution in [0.1, 0.15) is 5.01 Å². The number of nitrogens with zero attached hydrogens (tertiary/aromatic N) is 5. The Kier molecular flexibility index (Phi) is 5.29. The van der Waals surface area contributed by atoms with Gasteiger partial charge in [-0.25, -0.2) is 4.98 Å². The lowest BCUT2D eigenvalue weighted by Crippen LogP contribution is -2.27. The van der Waals surface area contributed by atoms with Crippen LogP contribution in [0.15, 0.2) is 46.8 Å². The van der Waals surface area contributed by atoms with Crippen LogP contribution < -0.4 is 10.5 Å². The molecule has 0 aliphatic rings. The second-order valence-corrected chi connectivity index (χ2v) is 6.79. The van der Waals surface area contributed by atoms with Crippen molar-refractivity contribution in [2.24, 2.45) is 0 Å². The largest absolute Gasteiger partial charge is 0.372 e. The molecule has 1 aromatic carbocycles. The lowest BCUT2D eigenvalue weighted by Gasteiger charge is -2.19. The molecule has 0 saturated heterocycles. The zero-order chi connectivity index (χ0) is 18.7. The minimum atomic E-state index is -0.506. The SMILES string of the molecule is CN(CCc1nccs1)c1cnn(-c2ccc([N+](=O)[O-])cc2)c(=O)c1Cl. The van der Waals surface area contributed by atoms with Crippen LogP contribution in [0, 0.1) is 10.1 Å². The lowest BCUT2D eigenvalue weighted by atomic mass is 10.3. The number of hydrogen-bond acceptors (Lipinski definition) is 7. The molecule has 26 heavy (non-hydrogen) atoms. The fourth-order valence-corrected chi connectivity index (χ4v) is 3.23. The molecule has 0 fully saturated rings. The molecule has 0 radical (unpaired) electrons. The molecule has 2 heterocycles. The minimum Gasteiger partial charge on any atom is -0.372 e. The van der Waals surface area contributed by atoms with Crippen LogP contribution in [-0.4, -0.2) is 33.3 Å². The highest BCUT2D eigenvalue weighted by atomic mass is 35.5. The van der Waals surface area contributed by atoms with Gasteiger partial charge in [0, 0.05) is 43.7 Å². The van der Waals surface area contributed by atoms with E-state index in [1.807, 2.05) is 17.3 Å². The number of nitro groups is 1. The third kappa shape index (κ3) is 3.73. The Hall–Kier alpha value is -2.78. The van der Waals surface area contributed by atoms with Gasteiger partial charge in [0.25, 0.3) is 11.2 Å². The van der Waals surface area contributed by atoms with Gasteiger partial charge in [-0.1, -0.05) is 11.6 Å². The van der Waals surface area contributed by atoms with Crippen LogP contribution in [-0.2, 0) is 6.42 Å². The lowest BCUT2D eigenvalue weighted by molar-refractivity contribution is -0.384. The average molecular weight is 392 g/mol. The van der Waals surface area contributed by atoms with Crippen LogP contribution in [0.25, 0.3) is 5.69 Å². The number of hydrogen-bond donors (Lipinski definition) is 0. The number of anilines is 1. The van der Waals surface area contributed by atoms with E-state index in [-0.39, 0.29) is 10.7 Å². The first-order valence-electron chi connectivity index (χ1n) is 7.59. The van der Waals surface area contributed by atoms with Crippen molar-refractivity contribution in [1.82, 2.24) is 14.8 Å². The Balaban J connectivity index is 1.83. The summed E-state index contributed by atoms with van der Waals surface area (Å²) in [5, 5.41) is 17.8. The standard InChI is InChI=1S/C16H14ClN5O3S/c1-20(8-6-14-18-7-9-26-14)13-10-19-21(16(23)15(13)17)11-2-4-12(5-3-11)22(24)25/h2-5,7,9-10H,6,8H2,1H3. The molecule has 3 aromatic rings. The van der Waals surface area contributed by atoms with Crippen molar-refractivity contribution >= 4 is 34.3 Å². The number of non-ortho nitro benzene ring substituents is 1. The monoisotopic (exact) mass is 391 g/mol. The molecule has 0 saturated carbocycles. The summed E-state index contributed by atoms with van der Waals surface area (Å²) in [4.78, 5) is 28.8. The van der Waals surface area contributed by atoms with E-state index in [9.17, 15) is 14.9 Å². The summed E-state index contributed by atoms with van der Waals surface area (Å²) in [6.07, 6.45) is 3.99. The number of halogens is 1. The van der Waals surface area contributed by atoms with Gasteiger partial charge in [-0.15, -0.1) is 11.3 Å². The average Bonchev–Trinajstić information content (AvgIpc) is 3.15. The topological polar surface area (TPSA) is 94.2 Å². The van der Waals surface area contributed by atoms with E-state index in [1.54, 1.807) is 17.5 Å². The Morgan fingerprint density at radius 3 is 2.69 bits per heavy atom. The molecule has 8 nitrogen and oxygen atoms in total. The fourth-order valence-electron chi connectivity index (χ4n) is 2.35. The van der Waals surface area contributed by atoms with E-state index in [0.717, 1.165) is 16.1 Å². The molecule has 3 rings (SSSR count). The summed E-state index contributed by atoms with van der Waals surface area (Å²) in [6, 6.07) is 5.53. The van der Waals surface area contributed by atoms with Crippen LogP contribution in [0.5, 0.6) is 0 Å². The zero-order valence-electron chi connectivity index (χ0n) is 13.7. The molecular formula is C16H14ClN5O3S. The highest BCUT2D eigenvalue weighted by molar-refractivity contribution is 7.09. The molecule has 0 aliphatic carbocycles.